The van der Waals surface area contributed by atoms with Crippen LogP contribution in [0, 0.1) is 12.8 Å². The highest BCUT2D eigenvalue weighted by Crippen LogP contribution is 2.21. The Balaban J connectivity index is 1.88. The molecule has 0 unspecified atom stereocenters. The van der Waals surface area contributed by atoms with Crippen molar-refractivity contribution in [1.82, 2.24) is 20.1 Å². The highest BCUT2D eigenvalue weighted by Gasteiger charge is 2.18. The fraction of sp³-hybridized carbons (Fsp3) is 0.364. The Kier molecular flexibility index (Phi) is 5.96. The summed E-state index contributed by atoms with van der Waals surface area (Å²) < 4.78 is 1.83. The fourth-order valence-corrected chi connectivity index (χ4v) is 3.05. The Morgan fingerprint density at radius 2 is 1.79 bits per heavy atom. The SMILES string of the molecule is Cc1nc2c(cnn2C(C)C)cc1C(=O)Nc1ccccc1C(=O)NCC(C)C. The van der Waals surface area contributed by atoms with E-state index in [9.17, 15) is 9.59 Å². The summed E-state index contributed by atoms with van der Waals surface area (Å²) >= 11 is 0. The number of nitrogens with one attached hydrogen (secondary N) is 2. The van der Waals surface area contributed by atoms with Crippen molar-refractivity contribution in [3.05, 3.63) is 53.3 Å². The number of fused-ring (bicyclic) bond motifs is 1. The molecule has 2 heterocycles. The fourth-order valence-electron chi connectivity index (χ4n) is 3.05. The van der Waals surface area contributed by atoms with Crippen LogP contribution in [0.3, 0.4) is 0 Å². The molecule has 7 heteroatoms. The Bertz CT molecular complexity index is 1050. The predicted octanol–water partition coefficient (Wildman–Crippen LogP) is 3.96. The molecule has 0 aliphatic carbocycles. The summed E-state index contributed by atoms with van der Waals surface area (Å²) in [5, 5.41) is 10.9. The highest BCUT2D eigenvalue weighted by atomic mass is 16.2. The summed E-state index contributed by atoms with van der Waals surface area (Å²) in [4.78, 5) is 30.0. The molecule has 0 radical (unpaired) electrons. The van der Waals surface area contributed by atoms with Gasteiger partial charge in [0.25, 0.3) is 11.8 Å². The van der Waals surface area contributed by atoms with Crippen LogP contribution in [0.4, 0.5) is 5.69 Å². The monoisotopic (exact) mass is 393 g/mol. The van der Waals surface area contributed by atoms with Crippen molar-refractivity contribution in [3.8, 4) is 0 Å². The zero-order valence-corrected chi connectivity index (χ0v) is 17.5. The number of anilines is 1. The lowest BCUT2D eigenvalue weighted by atomic mass is 10.1. The first-order valence-corrected chi connectivity index (χ1v) is 9.81. The van der Waals surface area contributed by atoms with Gasteiger partial charge >= 0.3 is 0 Å². The van der Waals surface area contributed by atoms with Gasteiger partial charge in [0.05, 0.1) is 28.7 Å². The lowest BCUT2D eigenvalue weighted by Gasteiger charge is -2.13. The van der Waals surface area contributed by atoms with Crippen molar-refractivity contribution >= 4 is 28.5 Å². The molecule has 0 saturated carbocycles. The molecule has 0 aliphatic rings. The molecule has 3 rings (SSSR count). The third kappa shape index (κ3) is 4.45. The van der Waals surface area contributed by atoms with E-state index in [2.05, 4.69) is 20.7 Å². The highest BCUT2D eigenvalue weighted by molar-refractivity contribution is 6.10. The second-order valence-corrected chi connectivity index (χ2v) is 7.82. The first-order chi connectivity index (χ1) is 13.8. The van der Waals surface area contributed by atoms with Gasteiger partial charge in [0.15, 0.2) is 5.65 Å². The van der Waals surface area contributed by atoms with E-state index in [0.717, 1.165) is 11.0 Å². The average molecular weight is 393 g/mol. The first-order valence-electron chi connectivity index (χ1n) is 9.81. The van der Waals surface area contributed by atoms with E-state index < -0.39 is 0 Å². The number of aryl methyl sites for hydroxylation is 1. The van der Waals surface area contributed by atoms with E-state index in [4.69, 9.17) is 0 Å². The van der Waals surface area contributed by atoms with Gasteiger partial charge in [-0.05, 0) is 44.9 Å². The summed E-state index contributed by atoms with van der Waals surface area (Å²) in [6.07, 6.45) is 1.71. The smallest absolute Gasteiger partial charge is 0.257 e. The van der Waals surface area contributed by atoms with E-state index in [1.165, 1.54) is 0 Å². The Hall–Kier alpha value is -3.22. The molecule has 29 heavy (non-hydrogen) atoms. The number of nitrogens with zero attached hydrogens (tertiary/aromatic N) is 3. The molecule has 0 fully saturated rings. The summed E-state index contributed by atoms with van der Waals surface area (Å²) in [6.45, 7) is 10.5. The van der Waals surface area contributed by atoms with Crippen molar-refractivity contribution in [3.63, 3.8) is 0 Å². The van der Waals surface area contributed by atoms with Crippen molar-refractivity contribution in [2.45, 2.75) is 40.7 Å². The van der Waals surface area contributed by atoms with Crippen LogP contribution >= 0.6 is 0 Å². The molecule has 1 aromatic carbocycles. The van der Waals surface area contributed by atoms with Gasteiger partial charge in [-0.25, -0.2) is 9.67 Å². The van der Waals surface area contributed by atoms with Crippen LogP contribution < -0.4 is 10.6 Å². The second-order valence-electron chi connectivity index (χ2n) is 7.82. The minimum Gasteiger partial charge on any atom is -0.352 e. The van der Waals surface area contributed by atoms with E-state index in [1.54, 1.807) is 43.5 Å². The van der Waals surface area contributed by atoms with Crippen molar-refractivity contribution in [2.75, 3.05) is 11.9 Å². The van der Waals surface area contributed by atoms with Crippen molar-refractivity contribution in [2.24, 2.45) is 5.92 Å². The topological polar surface area (TPSA) is 88.9 Å². The Morgan fingerprint density at radius 3 is 2.48 bits per heavy atom. The first kappa shape index (κ1) is 20.5. The van der Waals surface area contributed by atoms with Gasteiger partial charge in [-0.1, -0.05) is 26.0 Å². The molecular formula is C22H27N5O2. The molecule has 2 N–H and O–H groups in total. The molecule has 7 nitrogen and oxygen atoms in total. The molecule has 0 saturated heterocycles. The van der Waals surface area contributed by atoms with Crippen LogP contribution in [0.15, 0.2) is 36.5 Å². The quantitative estimate of drug-likeness (QED) is 0.663. The Morgan fingerprint density at radius 1 is 1.07 bits per heavy atom. The van der Waals surface area contributed by atoms with Crippen molar-refractivity contribution < 1.29 is 9.59 Å². The molecule has 0 bridgehead atoms. The number of aromatic nitrogens is 3. The molecule has 0 atom stereocenters. The maximum absolute atomic E-state index is 13.0. The lowest BCUT2D eigenvalue weighted by molar-refractivity contribution is 0.0950. The van der Waals surface area contributed by atoms with Gasteiger partial charge in [-0.15, -0.1) is 0 Å². The Labute approximate surface area is 170 Å². The molecule has 152 valence electrons. The van der Waals surface area contributed by atoms with Gasteiger partial charge in [0.2, 0.25) is 0 Å². The van der Waals surface area contributed by atoms with Crippen LogP contribution in [0.5, 0.6) is 0 Å². The van der Waals surface area contributed by atoms with Crippen LogP contribution in [0.1, 0.15) is 60.1 Å². The largest absolute Gasteiger partial charge is 0.352 e. The van der Waals surface area contributed by atoms with E-state index in [-0.39, 0.29) is 17.9 Å². The molecule has 0 aliphatic heterocycles. The van der Waals surface area contributed by atoms with Gasteiger partial charge in [0, 0.05) is 18.0 Å². The maximum Gasteiger partial charge on any atom is 0.257 e. The van der Waals surface area contributed by atoms with E-state index >= 15 is 0 Å². The van der Waals surface area contributed by atoms with Gasteiger partial charge in [-0.3, -0.25) is 9.59 Å². The third-order valence-corrected chi connectivity index (χ3v) is 4.58. The molecule has 0 spiro atoms. The number of rotatable bonds is 6. The lowest BCUT2D eigenvalue weighted by Crippen LogP contribution is -2.28. The van der Waals surface area contributed by atoms with Crippen LogP contribution in [0.2, 0.25) is 0 Å². The van der Waals surface area contributed by atoms with Gasteiger partial charge < -0.3 is 10.6 Å². The zero-order chi connectivity index (χ0) is 21.1. The van der Waals surface area contributed by atoms with E-state index in [1.807, 2.05) is 32.4 Å². The van der Waals surface area contributed by atoms with Crippen LogP contribution in [-0.2, 0) is 0 Å². The summed E-state index contributed by atoms with van der Waals surface area (Å²) in [6, 6.07) is 8.96. The van der Waals surface area contributed by atoms with Crippen LogP contribution in [0.25, 0.3) is 11.0 Å². The van der Waals surface area contributed by atoms with E-state index in [0.29, 0.717) is 35.0 Å². The summed E-state index contributed by atoms with van der Waals surface area (Å²) in [7, 11) is 0. The standard InChI is InChI=1S/C22H27N5O2/c1-13(2)11-23-21(28)17-8-6-7-9-19(17)26-22(29)18-10-16-12-24-27(14(3)4)20(16)25-15(18)5/h6-10,12-14H,11H2,1-5H3,(H,23,28)(H,26,29). The number of hydrogen-bond donors (Lipinski definition) is 2. The average Bonchev–Trinajstić information content (AvgIpc) is 3.08. The van der Waals surface area contributed by atoms with Gasteiger partial charge in [0.1, 0.15) is 0 Å². The normalized spacial score (nSPS) is 11.3. The number of amides is 2. The molecule has 3 aromatic rings. The molecule has 2 amide bonds. The minimum atomic E-state index is -0.307. The number of hydrogen-bond acceptors (Lipinski definition) is 4. The second kappa shape index (κ2) is 8.43. The number of para-hydroxylation sites is 1. The van der Waals surface area contributed by atoms with Gasteiger partial charge in [-0.2, -0.15) is 5.10 Å². The minimum absolute atomic E-state index is 0.176. The zero-order valence-electron chi connectivity index (χ0n) is 17.5. The summed E-state index contributed by atoms with van der Waals surface area (Å²) in [5.74, 6) is -0.177. The maximum atomic E-state index is 13.0. The van der Waals surface area contributed by atoms with Crippen molar-refractivity contribution in [1.29, 1.82) is 0 Å². The van der Waals surface area contributed by atoms with Crippen LogP contribution in [-0.4, -0.2) is 33.1 Å². The molecule has 2 aromatic heterocycles. The number of carbonyl (C=O) groups excluding carboxylic acids is 2. The number of benzene rings is 1. The number of pyridine rings is 1. The summed E-state index contributed by atoms with van der Waals surface area (Å²) in [5.41, 5.74) is 2.72. The number of carbonyl (C=O) groups is 2. The third-order valence-electron chi connectivity index (χ3n) is 4.58. The molecular weight excluding hydrogens is 366 g/mol. The predicted molar refractivity (Wildman–Crippen MR) is 114 cm³/mol.